The molecule has 0 aliphatic heterocycles. The van der Waals surface area contributed by atoms with E-state index in [0.29, 0.717) is 23.8 Å². The number of hydrogen-bond donors (Lipinski definition) is 2. The van der Waals surface area contributed by atoms with E-state index < -0.39 is 13.9 Å². The summed E-state index contributed by atoms with van der Waals surface area (Å²) in [5, 5.41) is 0.613. The van der Waals surface area contributed by atoms with Gasteiger partial charge in [0.1, 0.15) is 13.0 Å². The smallest absolute Gasteiger partial charge is 0.280 e. The maximum absolute atomic E-state index is 11.8. The molecular weight excluding hydrogens is 433 g/mol. The first-order chi connectivity index (χ1) is 14.4. The number of aromatic amines is 1. The number of aromatic nitrogens is 4. The maximum atomic E-state index is 11.8. The average molecular weight is 454 g/mol. The predicted octanol–water partition coefficient (Wildman–Crippen LogP) is 2.46. The van der Waals surface area contributed by atoms with Crippen LogP contribution in [-0.4, -0.2) is 44.9 Å². The largest absolute Gasteiger partial charge is 0.370 e. The maximum Gasteiger partial charge on any atom is 0.280 e. The van der Waals surface area contributed by atoms with Crippen molar-refractivity contribution in [2.24, 2.45) is 0 Å². The summed E-state index contributed by atoms with van der Waals surface area (Å²) in [5.74, 6) is -0.0848. The zero-order valence-corrected chi connectivity index (χ0v) is 17.9. The highest BCUT2D eigenvalue weighted by molar-refractivity contribution is 7.47. The highest BCUT2D eigenvalue weighted by atomic mass is 35.5. The Morgan fingerprint density at radius 2 is 2.20 bits per heavy atom. The Hall–Kier alpha value is -2.36. The van der Waals surface area contributed by atoms with Gasteiger partial charge in [-0.05, 0) is 24.6 Å². The van der Waals surface area contributed by atoms with E-state index in [1.54, 1.807) is 16.7 Å². The fourth-order valence-corrected chi connectivity index (χ4v) is 3.82. The number of ether oxygens (including phenoxy) is 1. The monoisotopic (exact) mass is 453 g/mol. The number of rotatable bonds is 11. The van der Waals surface area contributed by atoms with Crippen LogP contribution < -0.4 is 11.3 Å². The van der Waals surface area contributed by atoms with Crippen LogP contribution in [0, 0.1) is 0 Å². The van der Waals surface area contributed by atoms with Crippen molar-refractivity contribution in [3.05, 3.63) is 51.5 Å². The van der Waals surface area contributed by atoms with E-state index in [2.05, 4.69) is 15.0 Å². The van der Waals surface area contributed by atoms with Crippen molar-refractivity contribution >= 4 is 42.9 Å². The number of nitrogens with one attached hydrogen (secondary N) is 1. The van der Waals surface area contributed by atoms with E-state index in [9.17, 15) is 9.59 Å². The van der Waals surface area contributed by atoms with Gasteiger partial charge in [-0.15, -0.1) is 0 Å². The van der Waals surface area contributed by atoms with Crippen LogP contribution in [0.1, 0.15) is 12.5 Å². The molecule has 0 saturated heterocycles. The normalized spacial score (nSPS) is 12.3. The van der Waals surface area contributed by atoms with Gasteiger partial charge in [-0.2, -0.15) is 4.98 Å². The number of imidazole rings is 1. The number of ketones is 1. The minimum absolute atomic E-state index is 0.0192. The van der Waals surface area contributed by atoms with E-state index in [-0.39, 0.29) is 36.8 Å². The van der Waals surface area contributed by atoms with Crippen LogP contribution in [-0.2, 0) is 31.7 Å². The first kappa shape index (κ1) is 22.3. The molecule has 160 valence electrons. The minimum atomic E-state index is -1.44. The summed E-state index contributed by atoms with van der Waals surface area (Å²) >= 11 is 5.98. The highest BCUT2D eigenvalue weighted by Crippen LogP contribution is 2.39. The van der Waals surface area contributed by atoms with Gasteiger partial charge in [0.25, 0.3) is 5.56 Å². The Labute approximate surface area is 178 Å². The quantitative estimate of drug-likeness (QED) is 0.334. The zero-order valence-electron chi connectivity index (χ0n) is 16.2. The molecule has 0 aliphatic rings. The number of Topliss-reactive ketones (excluding diaryl/α,β-unsaturated/α-hetero) is 1. The third-order valence-electron chi connectivity index (χ3n) is 3.84. The Kier molecular flexibility index (Phi) is 7.89. The first-order valence-corrected chi connectivity index (χ1v) is 10.7. The molecule has 10 nitrogen and oxygen atoms in total. The summed E-state index contributed by atoms with van der Waals surface area (Å²) in [5.41, 5.74) is 6.67. The molecule has 1 unspecified atom stereocenters. The molecule has 12 heteroatoms. The van der Waals surface area contributed by atoms with Crippen LogP contribution in [0.5, 0.6) is 0 Å². The lowest BCUT2D eigenvalue weighted by atomic mass is 10.2. The number of nitrogen functional groups attached to an aromatic ring is 1. The Morgan fingerprint density at radius 3 is 2.97 bits per heavy atom. The number of carbonyl (C=O) groups excluding carboxylic acids is 1. The second-order valence-electron chi connectivity index (χ2n) is 6.31. The first-order valence-electron chi connectivity index (χ1n) is 8.98. The van der Waals surface area contributed by atoms with Gasteiger partial charge in [0.15, 0.2) is 25.3 Å². The van der Waals surface area contributed by atoms with Crippen molar-refractivity contribution in [3.63, 3.8) is 0 Å². The van der Waals surface area contributed by atoms with Gasteiger partial charge in [0.2, 0.25) is 5.95 Å². The lowest BCUT2D eigenvalue weighted by Crippen LogP contribution is -2.13. The van der Waals surface area contributed by atoms with Gasteiger partial charge >= 0.3 is 0 Å². The number of carbonyl (C=O) groups is 1. The summed E-state index contributed by atoms with van der Waals surface area (Å²) in [4.78, 5) is 33.6. The van der Waals surface area contributed by atoms with Crippen LogP contribution in [0.3, 0.4) is 0 Å². The van der Waals surface area contributed by atoms with Crippen molar-refractivity contribution < 1.29 is 18.6 Å². The summed E-state index contributed by atoms with van der Waals surface area (Å²) in [6, 6.07) is 7.29. The molecule has 0 bridgehead atoms. The highest BCUT2D eigenvalue weighted by Gasteiger charge is 2.14. The van der Waals surface area contributed by atoms with Crippen LogP contribution in [0.4, 0.5) is 5.95 Å². The molecular formula is C18H21ClN5O5P. The average Bonchev–Trinajstić information content (AvgIpc) is 3.09. The third kappa shape index (κ3) is 6.32. The second-order valence-corrected chi connectivity index (χ2v) is 8.19. The second kappa shape index (κ2) is 10.6. The topological polar surface area (TPSA) is 134 Å². The summed E-state index contributed by atoms with van der Waals surface area (Å²) < 4.78 is 18.7. The summed E-state index contributed by atoms with van der Waals surface area (Å²) in [6.45, 7) is 2.36. The number of H-pyrrole nitrogens is 1. The van der Waals surface area contributed by atoms with Crippen molar-refractivity contribution in [1.29, 1.82) is 0 Å². The number of anilines is 1. The molecule has 0 fully saturated rings. The van der Waals surface area contributed by atoms with Crippen LogP contribution in [0.25, 0.3) is 11.2 Å². The van der Waals surface area contributed by atoms with Gasteiger partial charge in [-0.1, -0.05) is 23.7 Å². The molecule has 2 aromatic heterocycles. The molecule has 3 rings (SSSR count). The molecule has 3 aromatic rings. The molecule has 0 aliphatic carbocycles. The van der Waals surface area contributed by atoms with E-state index >= 15 is 0 Å². The molecule has 0 amide bonds. The fourth-order valence-electron chi connectivity index (χ4n) is 2.48. The van der Waals surface area contributed by atoms with E-state index in [0.717, 1.165) is 5.56 Å². The van der Waals surface area contributed by atoms with Gasteiger partial charge in [-0.25, -0.2) is 4.98 Å². The van der Waals surface area contributed by atoms with E-state index in [1.807, 2.05) is 12.1 Å². The molecule has 2 heterocycles. The fraction of sp³-hybridized carbons (Fsp3) is 0.333. The Bertz CT molecular complexity index is 1070. The van der Waals surface area contributed by atoms with Crippen molar-refractivity contribution in [3.8, 4) is 0 Å². The molecule has 0 radical (unpaired) electrons. The minimum Gasteiger partial charge on any atom is -0.370 e. The number of fused-ring (bicyclic) bond motifs is 1. The van der Waals surface area contributed by atoms with Gasteiger partial charge < -0.3 is 24.1 Å². The Morgan fingerprint density at radius 1 is 1.37 bits per heavy atom. The lowest BCUT2D eigenvalue weighted by molar-refractivity contribution is -0.119. The summed E-state index contributed by atoms with van der Waals surface area (Å²) in [7, 11) is -1.44. The standard InChI is InChI=1S/C18H21ClN5O5P/c1-12(25)8-28-30(29-9-13-3-2-4-14(19)7-13)11-27-6-5-24-10-21-15-16(24)22-18(20)23-17(15)26/h2-4,7,10H,5-6,8-9,11H2,1H3,(H3,20,22,23,26). The molecule has 0 saturated carbocycles. The van der Waals surface area contributed by atoms with Crippen molar-refractivity contribution in [2.75, 3.05) is 25.3 Å². The van der Waals surface area contributed by atoms with Gasteiger partial charge in [0, 0.05) is 11.6 Å². The predicted molar refractivity (Wildman–Crippen MR) is 113 cm³/mol. The van der Waals surface area contributed by atoms with Crippen molar-refractivity contribution in [1.82, 2.24) is 19.5 Å². The number of benzene rings is 1. The number of nitrogens with zero attached hydrogens (tertiary/aromatic N) is 3. The molecule has 1 aromatic carbocycles. The molecule has 30 heavy (non-hydrogen) atoms. The van der Waals surface area contributed by atoms with Crippen LogP contribution >= 0.6 is 20.0 Å². The van der Waals surface area contributed by atoms with Gasteiger partial charge in [-0.3, -0.25) is 14.6 Å². The van der Waals surface area contributed by atoms with Crippen LogP contribution in [0.15, 0.2) is 35.4 Å². The SMILES string of the molecule is CC(=O)COP(COCCn1cnc2c(=O)[nH]c(N)nc21)OCc1cccc(Cl)c1. The van der Waals surface area contributed by atoms with Gasteiger partial charge in [0.05, 0.1) is 19.5 Å². The van der Waals surface area contributed by atoms with E-state index in [1.165, 1.54) is 13.3 Å². The molecule has 0 spiro atoms. The van der Waals surface area contributed by atoms with E-state index in [4.69, 9.17) is 31.1 Å². The lowest BCUT2D eigenvalue weighted by Gasteiger charge is -2.17. The summed E-state index contributed by atoms with van der Waals surface area (Å²) in [6.07, 6.45) is 1.67. The van der Waals surface area contributed by atoms with Crippen molar-refractivity contribution in [2.45, 2.75) is 20.1 Å². The third-order valence-corrected chi connectivity index (χ3v) is 5.31. The number of hydrogen-bond acceptors (Lipinski definition) is 8. The molecule has 1 atom stereocenters. The molecule has 3 N–H and O–H groups in total. The number of halogens is 1. The zero-order chi connectivity index (χ0) is 21.5. The Balaban J connectivity index is 1.53. The van der Waals surface area contributed by atoms with Crippen LogP contribution in [0.2, 0.25) is 5.02 Å². The number of nitrogens with two attached hydrogens (primary N) is 1.